The number of carbonyl (C=O) groups is 1. The van der Waals surface area contributed by atoms with Gasteiger partial charge in [-0.3, -0.25) is 4.79 Å². The summed E-state index contributed by atoms with van der Waals surface area (Å²) in [6.07, 6.45) is 4.07. The van der Waals surface area contributed by atoms with Gasteiger partial charge in [0.05, 0.1) is 6.54 Å². The zero-order valence-corrected chi connectivity index (χ0v) is 19.6. The number of hydrogen-bond acceptors (Lipinski definition) is 6. The molecule has 1 fully saturated rings. The predicted octanol–water partition coefficient (Wildman–Crippen LogP) is 2.98. The van der Waals surface area contributed by atoms with Crippen molar-refractivity contribution in [3.05, 3.63) is 54.1 Å². The van der Waals surface area contributed by atoms with Gasteiger partial charge in [0.15, 0.2) is 11.5 Å². The molecule has 4 rings (SSSR count). The van der Waals surface area contributed by atoms with Gasteiger partial charge in [0.2, 0.25) is 5.91 Å². The van der Waals surface area contributed by atoms with E-state index in [1.54, 1.807) is 0 Å². The first-order chi connectivity index (χ1) is 16.0. The molecule has 2 aromatic carbocycles. The molecule has 0 saturated heterocycles. The lowest BCUT2D eigenvalue weighted by molar-refractivity contribution is -0.122. The Morgan fingerprint density at radius 3 is 2.55 bits per heavy atom. The minimum absolute atomic E-state index is 0.0422. The number of hydrogen-bond donors (Lipinski definition) is 2. The summed E-state index contributed by atoms with van der Waals surface area (Å²) in [5, 5.41) is 6.78. The van der Waals surface area contributed by atoms with E-state index < -0.39 is 0 Å². The fourth-order valence-electron chi connectivity index (χ4n) is 4.33. The Morgan fingerprint density at radius 1 is 1.03 bits per heavy atom. The molecular weight excluding hydrogens is 418 g/mol. The molecule has 0 unspecified atom stereocenters. The maximum atomic E-state index is 12.0. The third-order valence-electron chi connectivity index (χ3n) is 6.07. The van der Waals surface area contributed by atoms with E-state index in [1.807, 2.05) is 67.5 Å². The lowest BCUT2D eigenvalue weighted by Crippen LogP contribution is -2.47. The molecule has 1 heterocycles. The van der Waals surface area contributed by atoms with Gasteiger partial charge in [0, 0.05) is 24.7 Å². The highest BCUT2D eigenvalue weighted by atomic mass is 16.6. The SMILES string of the molecule is CN(C)CC(=O)N[C@H]1CC[C@@H](NC[C@@H]2COc3ccc(OCc4ccccc4)cc3O2)CC1. The minimum Gasteiger partial charge on any atom is -0.489 e. The Hall–Kier alpha value is -2.77. The molecule has 0 radical (unpaired) electrons. The molecule has 33 heavy (non-hydrogen) atoms. The van der Waals surface area contributed by atoms with Crippen LogP contribution in [0.1, 0.15) is 31.2 Å². The summed E-state index contributed by atoms with van der Waals surface area (Å²) >= 11 is 0. The third kappa shape index (κ3) is 7.11. The molecule has 7 heteroatoms. The van der Waals surface area contributed by atoms with Crippen molar-refractivity contribution in [2.24, 2.45) is 0 Å². The molecule has 2 N–H and O–H groups in total. The lowest BCUT2D eigenvalue weighted by atomic mass is 9.91. The topological polar surface area (TPSA) is 72.1 Å². The van der Waals surface area contributed by atoms with Gasteiger partial charge in [-0.2, -0.15) is 0 Å². The van der Waals surface area contributed by atoms with Crippen LogP contribution in [-0.4, -0.2) is 62.8 Å². The van der Waals surface area contributed by atoms with E-state index in [1.165, 1.54) is 0 Å². The number of fused-ring (bicyclic) bond motifs is 1. The molecule has 7 nitrogen and oxygen atoms in total. The van der Waals surface area contributed by atoms with Crippen molar-refractivity contribution in [1.29, 1.82) is 0 Å². The molecule has 0 spiro atoms. The fourth-order valence-corrected chi connectivity index (χ4v) is 4.33. The molecular formula is C26H35N3O4. The van der Waals surface area contributed by atoms with Crippen LogP contribution in [0.4, 0.5) is 0 Å². The van der Waals surface area contributed by atoms with Crippen LogP contribution in [0, 0.1) is 0 Å². The van der Waals surface area contributed by atoms with Crippen molar-refractivity contribution in [3.8, 4) is 17.2 Å². The van der Waals surface area contributed by atoms with E-state index in [0.717, 1.165) is 55.0 Å². The fraction of sp³-hybridized carbons (Fsp3) is 0.500. The number of nitrogens with one attached hydrogen (secondary N) is 2. The number of likely N-dealkylation sites (N-methyl/N-ethyl adjacent to an activating group) is 1. The monoisotopic (exact) mass is 453 g/mol. The Balaban J connectivity index is 1.20. The first-order valence-corrected chi connectivity index (χ1v) is 11.8. The van der Waals surface area contributed by atoms with E-state index in [2.05, 4.69) is 10.6 Å². The van der Waals surface area contributed by atoms with Crippen molar-refractivity contribution in [3.63, 3.8) is 0 Å². The molecule has 2 aromatic rings. The third-order valence-corrected chi connectivity index (χ3v) is 6.07. The van der Waals surface area contributed by atoms with E-state index in [0.29, 0.717) is 25.8 Å². The Morgan fingerprint density at radius 2 is 1.79 bits per heavy atom. The maximum absolute atomic E-state index is 12.0. The zero-order valence-electron chi connectivity index (χ0n) is 19.6. The second kappa shape index (κ2) is 11.4. The Kier molecular flexibility index (Phi) is 8.07. The second-order valence-electron chi connectivity index (χ2n) is 9.20. The van der Waals surface area contributed by atoms with Crippen molar-refractivity contribution >= 4 is 5.91 Å². The van der Waals surface area contributed by atoms with Gasteiger partial charge in [0.1, 0.15) is 25.1 Å². The summed E-state index contributed by atoms with van der Waals surface area (Å²) in [7, 11) is 3.82. The van der Waals surface area contributed by atoms with Crippen molar-refractivity contribution in [1.82, 2.24) is 15.5 Å². The quantitative estimate of drug-likeness (QED) is 0.608. The molecule has 0 bridgehead atoms. The van der Waals surface area contributed by atoms with Gasteiger partial charge in [-0.15, -0.1) is 0 Å². The van der Waals surface area contributed by atoms with E-state index in [9.17, 15) is 4.79 Å². The number of benzene rings is 2. The Labute approximate surface area is 196 Å². The molecule has 1 amide bonds. The van der Waals surface area contributed by atoms with Crippen LogP contribution in [0.2, 0.25) is 0 Å². The largest absolute Gasteiger partial charge is 0.489 e. The molecule has 1 aliphatic carbocycles. The van der Waals surface area contributed by atoms with Crippen LogP contribution in [0.3, 0.4) is 0 Å². The molecule has 0 aromatic heterocycles. The highest BCUT2D eigenvalue weighted by molar-refractivity contribution is 5.78. The van der Waals surface area contributed by atoms with Crippen LogP contribution in [0.25, 0.3) is 0 Å². The van der Waals surface area contributed by atoms with Gasteiger partial charge in [-0.05, 0) is 57.5 Å². The summed E-state index contributed by atoms with van der Waals surface area (Å²) < 4.78 is 18.0. The zero-order chi connectivity index (χ0) is 23.0. The smallest absolute Gasteiger partial charge is 0.234 e. The van der Waals surface area contributed by atoms with Crippen LogP contribution < -0.4 is 24.8 Å². The normalized spacial score (nSPS) is 22.1. The standard InChI is InChI=1S/C26H35N3O4/c1-29(2)16-26(30)28-21-10-8-20(9-11-21)27-15-23-18-32-24-13-12-22(14-25(24)33-23)31-17-19-6-4-3-5-7-19/h3-7,12-14,20-21,23,27H,8-11,15-18H2,1-2H3,(H,28,30)/t20-,21+,23-/m1/s1. The van der Waals surface area contributed by atoms with Gasteiger partial charge < -0.3 is 29.7 Å². The van der Waals surface area contributed by atoms with E-state index in [-0.39, 0.29) is 18.1 Å². The van der Waals surface area contributed by atoms with E-state index >= 15 is 0 Å². The summed E-state index contributed by atoms with van der Waals surface area (Å²) in [5.41, 5.74) is 1.13. The predicted molar refractivity (Wildman–Crippen MR) is 128 cm³/mol. The van der Waals surface area contributed by atoms with Gasteiger partial charge in [-0.25, -0.2) is 0 Å². The molecule has 178 valence electrons. The molecule has 1 saturated carbocycles. The van der Waals surface area contributed by atoms with Gasteiger partial charge >= 0.3 is 0 Å². The minimum atomic E-state index is -0.0422. The summed E-state index contributed by atoms with van der Waals surface area (Å²) in [6.45, 7) is 2.22. The highest BCUT2D eigenvalue weighted by Gasteiger charge is 2.25. The van der Waals surface area contributed by atoms with Gasteiger partial charge in [0.25, 0.3) is 0 Å². The first kappa shape index (κ1) is 23.4. The number of carbonyl (C=O) groups excluding carboxylic acids is 1. The highest BCUT2D eigenvalue weighted by Crippen LogP contribution is 2.35. The molecule has 1 atom stereocenters. The van der Waals surface area contributed by atoms with Gasteiger partial charge in [-0.1, -0.05) is 30.3 Å². The van der Waals surface area contributed by atoms with Crippen LogP contribution in [0.15, 0.2) is 48.5 Å². The Bertz CT molecular complexity index is 898. The summed E-state index contributed by atoms with van der Waals surface area (Å²) in [6, 6.07) is 16.6. The van der Waals surface area contributed by atoms with Crippen LogP contribution in [0.5, 0.6) is 17.2 Å². The summed E-state index contributed by atoms with van der Waals surface area (Å²) in [5.74, 6) is 2.36. The summed E-state index contributed by atoms with van der Waals surface area (Å²) in [4.78, 5) is 13.9. The first-order valence-electron chi connectivity index (χ1n) is 11.8. The van der Waals surface area contributed by atoms with Crippen LogP contribution >= 0.6 is 0 Å². The average Bonchev–Trinajstić information content (AvgIpc) is 2.82. The van der Waals surface area contributed by atoms with Crippen molar-refractivity contribution in [2.45, 2.75) is 50.5 Å². The van der Waals surface area contributed by atoms with Crippen molar-refractivity contribution < 1.29 is 19.0 Å². The molecule has 1 aliphatic heterocycles. The molecule has 2 aliphatic rings. The van der Waals surface area contributed by atoms with Crippen LogP contribution in [-0.2, 0) is 11.4 Å². The van der Waals surface area contributed by atoms with E-state index in [4.69, 9.17) is 14.2 Å². The number of nitrogens with zero attached hydrogens (tertiary/aromatic N) is 1. The lowest BCUT2D eigenvalue weighted by Gasteiger charge is -2.32. The second-order valence-corrected chi connectivity index (χ2v) is 9.20. The number of amides is 1. The maximum Gasteiger partial charge on any atom is 0.234 e. The van der Waals surface area contributed by atoms with Crippen molar-refractivity contribution in [2.75, 3.05) is 33.8 Å². The number of rotatable bonds is 9. The number of ether oxygens (including phenoxy) is 3. The average molecular weight is 454 g/mol.